The van der Waals surface area contributed by atoms with Crippen LogP contribution in [0.15, 0.2) is 28.6 Å². The van der Waals surface area contributed by atoms with Crippen LogP contribution in [0.1, 0.15) is 36.7 Å². The van der Waals surface area contributed by atoms with E-state index in [1.165, 1.54) is 22.7 Å². The fraction of sp³-hybridized carbons (Fsp3) is 0.385. The van der Waals surface area contributed by atoms with E-state index in [0.29, 0.717) is 5.92 Å². The third kappa shape index (κ3) is 3.30. The molecule has 17 heavy (non-hydrogen) atoms. The molecule has 0 aliphatic heterocycles. The van der Waals surface area contributed by atoms with Gasteiger partial charge in [0.2, 0.25) is 0 Å². The van der Waals surface area contributed by atoms with Crippen LogP contribution in [-0.2, 0) is 5.75 Å². The lowest BCUT2D eigenvalue weighted by Gasteiger charge is -2.02. The molecular weight excluding hydrogens is 248 g/mol. The molecule has 1 aromatic carbocycles. The van der Waals surface area contributed by atoms with Crippen molar-refractivity contribution in [1.82, 2.24) is 9.36 Å². The Morgan fingerprint density at radius 1 is 1.29 bits per heavy atom. The van der Waals surface area contributed by atoms with Crippen LogP contribution in [0.25, 0.3) is 0 Å². The normalized spacial score (nSPS) is 11.1. The first-order chi connectivity index (χ1) is 8.16. The lowest BCUT2D eigenvalue weighted by atomic mass is 10.1. The molecule has 0 bridgehead atoms. The summed E-state index contributed by atoms with van der Waals surface area (Å²) < 4.78 is 5.43. The van der Waals surface area contributed by atoms with Crippen molar-refractivity contribution in [3.8, 4) is 0 Å². The SMILES string of the molecule is Cc1ccccc1CSc1nc(C(C)C)ns1. The predicted octanol–water partition coefficient (Wildman–Crippen LogP) is 4.26. The van der Waals surface area contributed by atoms with Gasteiger partial charge in [-0.2, -0.15) is 4.37 Å². The minimum absolute atomic E-state index is 0.416. The van der Waals surface area contributed by atoms with Crippen molar-refractivity contribution in [1.29, 1.82) is 0 Å². The van der Waals surface area contributed by atoms with Gasteiger partial charge in [-0.05, 0) is 29.6 Å². The molecule has 1 heterocycles. The van der Waals surface area contributed by atoms with Crippen molar-refractivity contribution in [3.05, 3.63) is 41.2 Å². The lowest BCUT2D eigenvalue weighted by Crippen LogP contribution is -1.89. The van der Waals surface area contributed by atoms with Gasteiger partial charge in [-0.15, -0.1) is 0 Å². The molecule has 1 aromatic heterocycles. The van der Waals surface area contributed by atoms with E-state index in [-0.39, 0.29) is 0 Å². The van der Waals surface area contributed by atoms with Gasteiger partial charge in [0.15, 0.2) is 4.34 Å². The molecule has 0 aliphatic carbocycles. The van der Waals surface area contributed by atoms with Crippen molar-refractivity contribution in [2.75, 3.05) is 0 Å². The van der Waals surface area contributed by atoms with E-state index in [0.717, 1.165) is 15.9 Å². The summed E-state index contributed by atoms with van der Waals surface area (Å²) in [6.45, 7) is 6.39. The fourth-order valence-corrected chi connectivity index (χ4v) is 3.24. The number of thioether (sulfide) groups is 1. The molecule has 2 aromatic rings. The van der Waals surface area contributed by atoms with Gasteiger partial charge in [0.25, 0.3) is 0 Å². The summed E-state index contributed by atoms with van der Waals surface area (Å²) in [7, 11) is 0. The first kappa shape index (κ1) is 12.6. The van der Waals surface area contributed by atoms with Crippen molar-refractivity contribution >= 4 is 23.3 Å². The highest BCUT2D eigenvalue weighted by Crippen LogP contribution is 2.27. The number of hydrogen-bond donors (Lipinski definition) is 0. The van der Waals surface area contributed by atoms with Crippen molar-refractivity contribution < 1.29 is 0 Å². The van der Waals surface area contributed by atoms with E-state index in [9.17, 15) is 0 Å². The molecule has 0 saturated carbocycles. The lowest BCUT2D eigenvalue weighted by molar-refractivity contribution is 0.789. The summed E-state index contributed by atoms with van der Waals surface area (Å²) in [6.07, 6.45) is 0. The molecule has 0 unspecified atom stereocenters. The molecule has 0 aliphatic rings. The minimum Gasteiger partial charge on any atom is -0.213 e. The zero-order valence-electron chi connectivity index (χ0n) is 10.3. The highest BCUT2D eigenvalue weighted by Gasteiger charge is 2.08. The summed E-state index contributed by atoms with van der Waals surface area (Å²) in [5.74, 6) is 2.35. The second-order valence-corrected chi connectivity index (χ2v) is 6.26. The Kier molecular flexibility index (Phi) is 4.18. The van der Waals surface area contributed by atoms with Gasteiger partial charge in [-0.25, -0.2) is 4.98 Å². The maximum atomic E-state index is 4.52. The van der Waals surface area contributed by atoms with E-state index >= 15 is 0 Å². The topological polar surface area (TPSA) is 25.8 Å². The number of rotatable bonds is 4. The summed E-state index contributed by atoms with van der Waals surface area (Å²) >= 11 is 3.28. The van der Waals surface area contributed by atoms with Gasteiger partial charge in [0.1, 0.15) is 5.82 Å². The Bertz CT molecular complexity index is 492. The Morgan fingerprint density at radius 3 is 2.71 bits per heavy atom. The predicted molar refractivity (Wildman–Crippen MR) is 74.7 cm³/mol. The molecule has 0 radical (unpaired) electrons. The van der Waals surface area contributed by atoms with Gasteiger partial charge in [-0.1, -0.05) is 49.9 Å². The van der Waals surface area contributed by atoms with Crippen molar-refractivity contribution in [3.63, 3.8) is 0 Å². The van der Waals surface area contributed by atoms with E-state index in [1.54, 1.807) is 11.8 Å². The van der Waals surface area contributed by atoms with Gasteiger partial charge in [-0.3, -0.25) is 0 Å². The number of benzene rings is 1. The quantitative estimate of drug-likeness (QED) is 0.772. The molecule has 0 saturated heterocycles. The fourth-order valence-electron chi connectivity index (χ4n) is 1.42. The Labute approximate surface area is 111 Å². The standard InChI is InChI=1S/C13H16N2S2/c1-9(2)12-14-13(17-15-12)16-8-11-7-5-4-6-10(11)3/h4-7,9H,8H2,1-3H3. The maximum Gasteiger partial charge on any atom is 0.170 e. The Morgan fingerprint density at radius 2 is 2.06 bits per heavy atom. The van der Waals surface area contributed by atoms with Crippen molar-refractivity contribution in [2.24, 2.45) is 0 Å². The molecule has 2 rings (SSSR count). The summed E-state index contributed by atoms with van der Waals surface area (Å²) in [6, 6.07) is 8.48. The summed E-state index contributed by atoms with van der Waals surface area (Å²) in [5, 5.41) is 0. The Balaban J connectivity index is 2.00. The first-order valence-electron chi connectivity index (χ1n) is 5.67. The molecule has 90 valence electrons. The van der Waals surface area contributed by atoms with Crippen LogP contribution in [0.3, 0.4) is 0 Å². The molecule has 0 N–H and O–H groups in total. The van der Waals surface area contributed by atoms with Crippen molar-refractivity contribution in [2.45, 2.75) is 36.8 Å². The second kappa shape index (κ2) is 5.65. The van der Waals surface area contributed by atoms with Crippen LogP contribution in [0.2, 0.25) is 0 Å². The average molecular weight is 264 g/mol. The number of aromatic nitrogens is 2. The van der Waals surface area contributed by atoms with Crippen LogP contribution in [0.4, 0.5) is 0 Å². The molecule has 0 fully saturated rings. The maximum absolute atomic E-state index is 4.52. The summed E-state index contributed by atoms with van der Waals surface area (Å²) in [5.41, 5.74) is 2.72. The average Bonchev–Trinajstić information content (AvgIpc) is 2.77. The van der Waals surface area contributed by atoms with Crippen LogP contribution in [-0.4, -0.2) is 9.36 Å². The first-order valence-corrected chi connectivity index (χ1v) is 7.43. The number of nitrogens with zero attached hydrogens (tertiary/aromatic N) is 2. The van der Waals surface area contributed by atoms with Gasteiger partial charge >= 0.3 is 0 Å². The van der Waals surface area contributed by atoms with E-state index in [4.69, 9.17) is 0 Å². The number of aryl methyl sites for hydroxylation is 1. The van der Waals surface area contributed by atoms with E-state index in [1.807, 2.05) is 0 Å². The minimum atomic E-state index is 0.416. The largest absolute Gasteiger partial charge is 0.213 e. The molecule has 2 nitrogen and oxygen atoms in total. The van der Waals surface area contributed by atoms with E-state index < -0.39 is 0 Å². The van der Waals surface area contributed by atoms with E-state index in [2.05, 4.69) is 54.4 Å². The monoisotopic (exact) mass is 264 g/mol. The van der Waals surface area contributed by atoms with Crippen LogP contribution < -0.4 is 0 Å². The molecular formula is C13H16N2S2. The van der Waals surface area contributed by atoms with Crippen LogP contribution in [0.5, 0.6) is 0 Å². The smallest absolute Gasteiger partial charge is 0.170 e. The third-order valence-electron chi connectivity index (χ3n) is 2.55. The summed E-state index contributed by atoms with van der Waals surface area (Å²) in [4.78, 5) is 4.52. The number of hydrogen-bond acceptors (Lipinski definition) is 4. The van der Waals surface area contributed by atoms with Gasteiger partial charge in [0, 0.05) is 11.7 Å². The third-order valence-corrected chi connectivity index (χ3v) is 4.45. The molecule has 4 heteroatoms. The molecule has 0 amide bonds. The Hall–Kier alpha value is -0.870. The highest BCUT2D eigenvalue weighted by atomic mass is 32.2. The second-order valence-electron chi connectivity index (χ2n) is 4.29. The zero-order chi connectivity index (χ0) is 12.3. The zero-order valence-corrected chi connectivity index (χ0v) is 11.9. The molecule has 0 spiro atoms. The highest BCUT2D eigenvalue weighted by molar-refractivity contribution is 8.00. The van der Waals surface area contributed by atoms with Gasteiger partial charge in [0.05, 0.1) is 0 Å². The molecule has 0 atom stereocenters. The van der Waals surface area contributed by atoms with Gasteiger partial charge < -0.3 is 0 Å². The van der Waals surface area contributed by atoms with Crippen LogP contribution >= 0.6 is 23.3 Å². The van der Waals surface area contributed by atoms with Crippen LogP contribution in [0, 0.1) is 6.92 Å².